The van der Waals surface area contributed by atoms with E-state index in [-0.39, 0.29) is 28.1 Å². The summed E-state index contributed by atoms with van der Waals surface area (Å²) < 4.78 is 30.7. The van der Waals surface area contributed by atoms with Crippen LogP contribution in [0.4, 0.5) is 10.1 Å². The van der Waals surface area contributed by atoms with Gasteiger partial charge in [-0.3, -0.25) is 14.5 Å². The Kier molecular flexibility index (Phi) is 6.26. The number of aromatic nitrogens is 4. The SMILES string of the molecule is CC(=O)c1c(F)cccc1NC(=O)c1c(OCCN2CCOCC2)ccc2c1Cc1nc3nonc3nc1-2. The number of rotatable bonds is 7. The van der Waals surface area contributed by atoms with Gasteiger partial charge in [0, 0.05) is 31.6 Å². The molecule has 194 valence electrons. The maximum atomic E-state index is 14.4. The van der Waals surface area contributed by atoms with Gasteiger partial charge in [-0.15, -0.1) is 0 Å². The second-order valence-corrected chi connectivity index (χ2v) is 9.05. The van der Waals surface area contributed by atoms with Gasteiger partial charge in [-0.05, 0) is 47.1 Å². The summed E-state index contributed by atoms with van der Waals surface area (Å²) in [4.78, 5) is 37.1. The Morgan fingerprint density at radius 1 is 1.08 bits per heavy atom. The Morgan fingerprint density at radius 3 is 2.66 bits per heavy atom. The number of nitrogens with zero attached hydrogens (tertiary/aromatic N) is 5. The van der Waals surface area contributed by atoms with E-state index < -0.39 is 17.5 Å². The molecule has 0 saturated carbocycles. The summed E-state index contributed by atoms with van der Waals surface area (Å²) in [5.74, 6) is -1.37. The minimum Gasteiger partial charge on any atom is -0.491 e. The van der Waals surface area contributed by atoms with Crippen LogP contribution in [-0.2, 0) is 11.2 Å². The van der Waals surface area contributed by atoms with Gasteiger partial charge in [0.2, 0.25) is 11.3 Å². The van der Waals surface area contributed by atoms with Crippen molar-refractivity contribution in [2.24, 2.45) is 0 Å². The second-order valence-electron chi connectivity index (χ2n) is 9.05. The van der Waals surface area contributed by atoms with Gasteiger partial charge in [0.15, 0.2) is 5.78 Å². The Morgan fingerprint density at radius 2 is 1.87 bits per heavy atom. The first-order chi connectivity index (χ1) is 18.5. The van der Waals surface area contributed by atoms with Gasteiger partial charge in [0.05, 0.1) is 41.4 Å². The highest BCUT2D eigenvalue weighted by Gasteiger charge is 2.31. The molecule has 38 heavy (non-hydrogen) atoms. The number of benzene rings is 2. The number of morpholine rings is 1. The molecule has 0 bridgehead atoms. The van der Waals surface area contributed by atoms with Crippen LogP contribution in [-0.4, -0.2) is 76.3 Å². The van der Waals surface area contributed by atoms with E-state index >= 15 is 0 Å². The fraction of sp³-hybridized carbons (Fsp3) is 0.308. The van der Waals surface area contributed by atoms with Crippen LogP contribution in [0.2, 0.25) is 0 Å². The predicted molar refractivity (Wildman–Crippen MR) is 133 cm³/mol. The van der Waals surface area contributed by atoms with Crippen molar-refractivity contribution in [2.45, 2.75) is 13.3 Å². The first kappa shape index (κ1) is 24.1. The molecule has 4 aromatic rings. The molecule has 1 aliphatic heterocycles. The number of nitrogens with one attached hydrogen (secondary N) is 1. The molecule has 2 aliphatic rings. The summed E-state index contributed by atoms with van der Waals surface area (Å²) in [7, 11) is 0. The van der Waals surface area contributed by atoms with Crippen LogP contribution in [0.15, 0.2) is 35.0 Å². The lowest BCUT2D eigenvalue weighted by molar-refractivity contribution is 0.0322. The van der Waals surface area contributed by atoms with Crippen LogP contribution in [0, 0.1) is 5.82 Å². The zero-order valence-electron chi connectivity index (χ0n) is 20.5. The molecule has 0 unspecified atom stereocenters. The lowest BCUT2D eigenvalue weighted by atomic mass is 10.00. The van der Waals surface area contributed by atoms with Crippen LogP contribution >= 0.6 is 0 Å². The summed E-state index contributed by atoms with van der Waals surface area (Å²) in [6.45, 7) is 5.23. The van der Waals surface area contributed by atoms with Crippen molar-refractivity contribution < 1.29 is 28.1 Å². The van der Waals surface area contributed by atoms with Crippen molar-refractivity contribution in [3.05, 3.63) is 58.5 Å². The van der Waals surface area contributed by atoms with Crippen LogP contribution < -0.4 is 10.1 Å². The number of hydrogen-bond donors (Lipinski definition) is 1. The van der Waals surface area contributed by atoms with E-state index in [2.05, 4.69) is 30.5 Å². The van der Waals surface area contributed by atoms with Crippen molar-refractivity contribution in [2.75, 3.05) is 44.8 Å². The number of carbonyl (C=O) groups excluding carboxylic acids is 2. The summed E-state index contributed by atoms with van der Waals surface area (Å²) >= 11 is 0. The van der Waals surface area contributed by atoms with Gasteiger partial charge in [-0.2, -0.15) is 0 Å². The molecule has 1 saturated heterocycles. The van der Waals surface area contributed by atoms with E-state index in [1.807, 2.05) is 6.07 Å². The number of amides is 1. The largest absolute Gasteiger partial charge is 0.491 e. The number of carbonyl (C=O) groups is 2. The van der Waals surface area contributed by atoms with E-state index in [4.69, 9.17) is 14.1 Å². The standard InChI is InChI=1S/C26H23FN6O5/c1-14(34)21-17(27)3-2-4-18(21)29-26(35)22-16-13-19-23(30-25-24(28-19)31-38-32-25)15(16)5-6-20(22)37-12-9-33-7-10-36-11-8-33/h2-6H,7-13H2,1H3,(H,29,35). The number of hydrogen-bond acceptors (Lipinski definition) is 10. The number of ether oxygens (including phenoxy) is 2. The highest BCUT2D eigenvalue weighted by Crippen LogP contribution is 2.40. The Bertz CT molecular complexity index is 1570. The minimum absolute atomic E-state index is 0.0832. The van der Waals surface area contributed by atoms with Crippen molar-refractivity contribution in [1.82, 2.24) is 25.2 Å². The minimum atomic E-state index is -0.708. The molecule has 1 amide bonds. The molecule has 2 aromatic heterocycles. The predicted octanol–water partition coefficient (Wildman–Crippen LogP) is 2.89. The van der Waals surface area contributed by atoms with Crippen molar-refractivity contribution in [3.63, 3.8) is 0 Å². The third-order valence-corrected chi connectivity index (χ3v) is 6.67. The molecule has 1 N–H and O–H groups in total. The van der Waals surface area contributed by atoms with Gasteiger partial charge in [0.1, 0.15) is 18.2 Å². The Labute approximate surface area is 215 Å². The Hall–Kier alpha value is -4.29. The molecular formula is C26H23FN6O5. The van der Waals surface area contributed by atoms with E-state index in [9.17, 15) is 14.0 Å². The molecule has 1 aliphatic carbocycles. The Balaban J connectivity index is 1.36. The fourth-order valence-electron chi connectivity index (χ4n) is 4.86. The second kappa shape index (κ2) is 9.88. The highest BCUT2D eigenvalue weighted by molar-refractivity contribution is 6.12. The van der Waals surface area contributed by atoms with Gasteiger partial charge in [0.25, 0.3) is 5.91 Å². The van der Waals surface area contributed by atoms with Crippen LogP contribution in [0.3, 0.4) is 0 Å². The average Bonchev–Trinajstić information content (AvgIpc) is 3.51. The molecule has 1 fully saturated rings. The van der Waals surface area contributed by atoms with Crippen LogP contribution in [0.5, 0.6) is 5.75 Å². The maximum absolute atomic E-state index is 14.4. The van der Waals surface area contributed by atoms with Crippen LogP contribution in [0.1, 0.15) is 38.9 Å². The van der Waals surface area contributed by atoms with Gasteiger partial charge in [-0.1, -0.05) is 6.07 Å². The number of fused-ring (bicyclic) bond motifs is 4. The average molecular weight is 519 g/mol. The quantitative estimate of drug-likeness (QED) is 0.321. The third-order valence-electron chi connectivity index (χ3n) is 6.67. The summed E-state index contributed by atoms with van der Waals surface area (Å²) in [5, 5.41) is 10.3. The zero-order chi connectivity index (χ0) is 26.2. The maximum Gasteiger partial charge on any atom is 0.259 e. The fourth-order valence-corrected chi connectivity index (χ4v) is 4.86. The van der Waals surface area contributed by atoms with Crippen molar-refractivity contribution >= 4 is 28.7 Å². The lowest BCUT2D eigenvalue weighted by Crippen LogP contribution is -2.38. The highest BCUT2D eigenvalue weighted by atomic mass is 19.1. The molecule has 11 nitrogen and oxygen atoms in total. The van der Waals surface area contributed by atoms with Gasteiger partial charge < -0.3 is 14.8 Å². The normalized spacial score (nSPS) is 14.8. The van der Waals surface area contributed by atoms with E-state index in [1.54, 1.807) is 6.07 Å². The molecule has 2 aromatic carbocycles. The van der Waals surface area contributed by atoms with E-state index in [0.29, 0.717) is 61.1 Å². The summed E-state index contributed by atoms with van der Waals surface area (Å²) in [5.41, 5.74) is 3.27. The number of ketones is 1. The van der Waals surface area contributed by atoms with Crippen LogP contribution in [0.25, 0.3) is 22.6 Å². The molecule has 6 rings (SSSR count). The molecule has 12 heteroatoms. The van der Waals surface area contributed by atoms with Gasteiger partial charge >= 0.3 is 0 Å². The van der Waals surface area contributed by atoms with E-state index in [0.717, 1.165) is 13.1 Å². The number of halogens is 1. The van der Waals surface area contributed by atoms with Crippen molar-refractivity contribution in [1.29, 1.82) is 0 Å². The first-order valence-corrected chi connectivity index (χ1v) is 12.2. The number of anilines is 1. The van der Waals surface area contributed by atoms with E-state index in [1.165, 1.54) is 25.1 Å². The monoisotopic (exact) mass is 518 g/mol. The molecule has 0 radical (unpaired) electrons. The first-order valence-electron chi connectivity index (χ1n) is 12.2. The summed E-state index contributed by atoms with van der Waals surface area (Å²) in [6, 6.07) is 7.66. The molecular weight excluding hydrogens is 495 g/mol. The van der Waals surface area contributed by atoms with Crippen molar-refractivity contribution in [3.8, 4) is 17.0 Å². The number of Topliss-reactive ketones (excluding diaryl/α,β-unsaturated/α-hetero) is 1. The lowest BCUT2D eigenvalue weighted by Gasteiger charge is -2.26. The zero-order valence-corrected chi connectivity index (χ0v) is 20.5. The third kappa shape index (κ3) is 4.37. The van der Waals surface area contributed by atoms with Gasteiger partial charge in [-0.25, -0.2) is 19.0 Å². The molecule has 0 spiro atoms. The summed E-state index contributed by atoms with van der Waals surface area (Å²) in [6.07, 6.45) is 0.298. The topological polar surface area (TPSA) is 133 Å². The molecule has 0 atom stereocenters. The smallest absolute Gasteiger partial charge is 0.259 e. The molecule has 3 heterocycles.